The molecule has 0 saturated carbocycles. The largest absolute Gasteiger partial charge is 0.433 e. The van der Waals surface area contributed by atoms with Gasteiger partial charge in [-0.1, -0.05) is 0 Å². The zero-order valence-electron chi connectivity index (χ0n) is 13.8. The van der Waals surface area contributed by atoms with E-state index in [0.717, 1.165) is 17.8 Å². The normalized spacial score (nSPS) is 19.6. The molecular weight excluding hydrogens is 373 g/mol. The van der Waals surface area contributed by atoms with Crippen LogP contribution in [0, 0.1) is 0 Å². The van der Waals surface area contributed by atoms with Crippen molar-refractivity contribution < 1.29 is 26.3 Å². The van der Waals surface area contributed by atoms with E-state index in [1.54, 1.807) is 17.1 Å². The average molecular weight is 390 g/mol. The van der Waals surface area contributed by atoms with E-state index in [9.17, 15) is 21.6 Å². The molecule has 0 amide bonds. The quantitative estimate of drug-likeness (QED) is 0.799. The van der Waals surface area contributed by atoms with Gasteiger partial charge in [0.25, 0.3) is 0 Å². The fraction of sp³-hybridized carbons (Fsp3) is 0.467. The maximum atomic E-state index is 12.7. The van der Waals surface area contributed by atoms with Gasteiger partial charge in [-0.2, -0.15) is 22.6 Å². The monoisotopic (exact) mass is 390 g/mol. The average Bonchev–Trinajstić information content (AvgIpc) is 3.10. The van der Waals surface area contributed by atoms with E-state index in [1.807, 2.05) is 6.92 Å². The van der Waals surface area contributed by atoms with Crippen LogP contribution >= 0.6 is 0 Å². The highest BCUT2D eigenvalue weighted by atomic mass is 32.2. The molecule has 0 bridgehead atoms. The highest BCUT2D eigenvalue weighted by molar-refractivity contribution is 7.89. The van der Waals surface area contributed by atoms with Crippen molar-refractivity contribution in [2.24, 2.45) is 0 Å². The molecule has 3 rings (SSSR count). The number of halogens is 3. The third-order valence-corrected chi connectivity index (χ3v) is 5.89. The zero-order valence-corrected chi connectivity index (χ0v) is 14.7. The summed E-state index contributed by atoms with van der Waals surface area (Å²) in [5.41, 5.74) is -0.388. The molecule has 3 heterocycles. The van der Waals surface area contributed by atoms with Crippen LogP contribution in [0.4, 0.5) is 13.2 Å². The number of pyridine rings is 1. The van der Waals surface area contributed by atoms with E-state index in [4.69, 9.17) is 4.74 Å². The molecule has 0 N–H and O–H groups in total. The molecule has 1 saturated heterocycles. The summed E-state index contributed by atoms with van der Waals surface area (Å²) in [6, 6.07) is 1.58. The Labute approximate surface area is 148 Å². The van der Waals surface area contributed by atoms with Crippen molar-refractivity contribution in [1.29, 1.82) is 0 Å². The first kappa shape index (κ1) is 18.8. The summed E-state index contributed by atoms with van der Waals surface area (Å²) in [5, 5.41) is 4.14. The van der Waals surface area contributed by atoms with Crippen LogP contribution in [0.15, 0.2) is 35.6 Å². The standard InChI is InChI=1S/C15H17F3N4O3S/c1-2-21-9-11(7-20-21)13-10-22(5-6-25-13)26(23,24)12-3-4-14(19-8-12)15(16,17)18/h3-4,7-9,13H,2,5-6,10H2,1H3. The molecule has 2 aromatic heterocycles. The van der Waals surface area contributed by atoms with E-state index in [-0.39, 0.29) is 24.6 Å². The molecule has 142 valence electrons. The highest BCUT2D eigenvalue weighted by Gasteiger charge is 2.35. The highest BCUT2D eigenvalue weighted by Crippen LogP contribution is 2.29. The van der Waals surface area contributed by atoms with Crippen molar-refractivity contribution in [3.8, 4) is 0 Å². The Morgan fingerprint density at radius 3 is 2.65 bits per heavy atom. The minimum Gasteiger partial charge on any atom is -0.371 e. The topological polar surface area (TPSA) is 77.3 Å². The van der Waals surface area contributed by atoms with Gasteiger partial charge in [-0.15, -0.1) is 0 Å². The Hall–Kier alpha value is -1.98. The van der Waals surface area contributed by atoms with Crippen molar-refractivity contribution in [2.45, 2.75) is 30.6 Å². The van der Waals surface area contributed by atoms with Crippen molar-refractivity contribution in [1.82, 2.24) is 19.1 Å². The molecule has 1 atom stereocenters. The fourth-order valence-electron chi connectivity index (χ4n) is 2.61. The van der Waals surface area contributed by atoms with E-state index < -0.39 is 28.0 Å². The molecule has 7 nitrogen and oxygen atoms in total. The van der Waals surface area contributed by atoms with Crippen LogP contribution in [0.2, 0.25) is 0 Å². The lowest BCUT2D eigenvalue weighted by Gasteiger charge is -2.31. The minimum absolute atomic E-state index is 0.0543. The van der Waals surface area contributed by atoms with Crippen molar-refractivity contribution in [3.63, 3.8) is 0 Å². The number of rotatable bonds is 4. The molecule has 0 aliphatic carbocycles. The van der Waals surface area contributed by atoms with Gasteiger partial charge in [0.1, 0.15) is 10.6 Å². The molecule has 0 aromatic carbocycles. The second kappa shape index (κ2) is 6.97. The number of aromatic nitrogens is 3. The second-order valence-corrected chi connectivity index (χ2v) is 7.67. The number of hydrogen-bond acceptors (Lipinski definition) is 5. The molecule has 0 spiro atoms. The zero-order chi connectivity index (χ0) is 18.9. The van der Waals surface area contributed by atoms with Crippen LogP contribution in [0.3, 0.4) is 0 Å². The minimum atomic E-state index is -4.62. The summed E-state index contributed by atoms with van der Waals surface area (Å²) in [7, 11) is -3.97. The molecule has 1 unspecified atom stereocenters. The van der Waals surface area contributed by atoms with E-state index >= 15 is 0 Å². The number of morpholine rings is 1. The molecule has 11 heteroatoms. The lowest BCUT2D eigenvalue weighted by Crippen LogP contribution is -2.42. The predicted molar refractivity (Wildman–Crippen MR) is 84.6 cm³/mol. The Kier molecular flexibility index (Phi) is 5.04. The summed E-state index contributed by atoms with van der Waals surface area (Å²) in [6.07, 6.45) is -0.977. The van der Waals surface area contributed by atoms with E-state index in [0.29, 0.717) is 12.6 Å². The SMILES string of the molecule is CCn1cc(C2CN(S(=O)(=O)c3ccc(C(F)(F)F)nc3)CCO2)cn1. The molecule has 2 aromatic rings. The van der Waals surface area contributed by atoms with Crippen molar-refractivity contribution in [3.05, 3.63) is 42.0 Å². The number of nitrogens with zero attached hydrogens (tertiary/aromatic N) is 4. The Bertz CT molecular complexity index is 865. The van der Waals surface area contributed by atoms with Crippen LogP contribution in [-0.2, 0) is 27.5 Å². The Morgan fingerprint density at radius 2 is 2.08 bits per heavy atom. The van der Waals surface area contributed by atoms with Crippen LogP contribution in [-0.4, -0.2) is 47.2 Å². The summed E-state index contributed by atoms with van der Waals surface area (Å²) in [4.78, 5) is 2.95. The lowest BCUT2D eigenvalue weighted by molar-refractivity contribution is -0.141. The Balaban J connectivity index is 1.80. The maximum absolute atomic E-state index is 12.7. The van der Waals surface area contributed by atoms with Gasteiger partial charge in [-0.25, -0.2) is 8.42 Å². The molecule has 0 radical (unpaired) electrons. The summed E-state index contributed by atoms with van der Waals surface area (Å²) >= 11 is 0. The van der Waals surface area contributed by atoms with Gasteiger partial charge in [0.05, 0.1) is 18.9 Å². The number of alkyl halides is 3. The lowest BCUT2D eigenvalue weighted by atomic mass is 10.2. The van der Waals surface area contributed by atoms with Crippen LogP contribution in [0.5, 0.6) is 0 Å². The molecule has 1 aliphatic rings. The number of ether oxygens (including phenoxy) is 1. The summed E-state index contributed by atoms with van der Waals surface area (Å²) in [6.45, 7) is 2.94. The first-order valence-electron chi connectivity index (χ1n) is 7.89. The molecule has 26 heavy (non-hydrogen) atoms. The molecular formula is C15H17F3N4O3S. The van der Waals surface area contributed by atoms with Gasteiger partial charge in [0.2, 0.25) is 10.0 Å². The smallest absolute Gasteiger partial charge is 0.371 e. The van der Waals surface area contributed by atoms with Gasteiger partial charge in [0, 0.05) is 37.6 Å². The predicted octanol–water partition coefficient (Wildman–Crippen LogP) is 2.08. The summed E-state index contributed by atoms with van der Waals surface area (Å²) < 4.78 is 71.7. The first-order valence-corrected chi connectivity index (χ1v) is 9.33. The van der Waals surface area contributed by atoms with Gasteiger partial charge in [0.15, 0.2) is 0 Å². The number of sulfonamides is 1. The van der Waals surface area contributed by atoms with Gasteiger partial charge in [-0.3, -0.25) is 9.67 Å². The first-order chi connectivity index (χ1) is 12.2. The van der Waals surface area contributed by atoms with Gasteiger partial charge < -0.3 is 4.74 Å². The molecule has 1 aliphatic heterocycles. The van der Waals surface area contributed by atoms with Gasteiger partial charge in [-0.05, 0) is 19.1 Å². The Morgan fingerprint density at radius 1 is 1.31 bits per heavy atom. The van der Waals surface area contributed by atoms with Crippen LogP contribution in [0.1, 0.15) is 24.3 Å². The third kappa shape index (κ3) is 3.74. The fourth-order valence-corrected chi connectivity index (χ4v) is 3.98. The molecule has 1 fully saturated rings. The van der Waals surface area contributed by atoms with Gasteiger partial charge >= 0.3 is 6.18 Å². The number of hydrogen-bond donors (Lipinski definition) is 0. The van der Waals surface area contributed by atoms with Crippen LogP contribution < -0.4 is 0 Å². The third-order valence-electron chi connectivity index (χ3n) is 4.04. The van der Waals surface area contributed by atoms with Crippen LogP contribution in [0.25, 0.3) is 0 Å². The van der Waals surface area contributed by atoms with Crippen molar-refractivity contribution >= 4 is 10.0 Å². The van der Waals surface area contributed by atoms with Crippen molar-refractivity contribution in [2.75, 3.05) is 19.7 Å². The number of aryl methyl sites for hydroxylation is 1. The summed E-state index contributed by atoms with van der Waals surface area (Å²) in [5.74, 6) is 0. The van der Waals surface area contributed by atoms with E-state index in [2.05, 4.69) is 10.1 Å². The second-order valence-electron chi connectivity index (χ2n) is 5.73. The maximum Gasteiger partial charge on any atom is 0.433 e. The van der Waals surface area contributed by atoms with E-state index in [1.165, 1.54) is 4.31 Å².